The predicted molar refractivity (Wildman–Crippen MR) is 92.2 cm³/mol. The van der Waals surface area contributed by atoms with Crippen LogP contribution < -0.4 is 11.1 Å². The maximum Gasteiger partial charge on any atom is 0.328 e. The van der Waals surface area contributed by atoms with Crippen molar-refractivity contribution in [2.45, 2.75) is 24.9 Å². The summed E-state index contributed by atoms with van der Waals surface area (Å²) in [6.07, 6.45) is 0.767. The molecule has 1 amide bonds. The lowest BCUT2D eigenvalue weighted by molar-refractivity contribution is -0.145. The van der Waals surface area contributed by atoms with Crippen LogP contribution in [0.1, 0.15) is 11.1 Å². The molecule has 0 spiro atoms. The van der Waals surface area contributed by atoms with Gasteiger partial charge in [-0.25, -0.2) is 4.79 Å². The number of methoxy groups -OCH3 is 1. The molecule has 0 saturated carbocycles. The second-order valence-corrected chi connectivity index (χ2v) is 5.57. The van der Waals surface area contributed by atoms with Gasteiger partial charge in [0.1, 0.15) is 6.04 Å². The maximum atomic E-state index is 12.3. The van der Waals surface area contributed by atoms with E-state index in [-0.39, 0.29) is 5.91 Å². The van der Waals surface area contributed by atoms with Crippen LogP contribution in [0, 0.1) is 0 Å². The molecular formula is C19H22N2O3. The Balaban J connectivity index is 2.00. The summed E-state index contributed by atoms with van der Waals surface area (Å²) in [5.74, 6) is -0.857. The van der Waals surface area contributed by atoms with Crippen LogP contribution in [-0.4, -0.2) is 31.1 Å². The molecule has 24 heavy (non-hydrogen) atoms. The summed E-state index contributed by atoms with van der Waals surface area (Å²) in [5, 5.41) is 2.70. The van der Waals surface area contributed by atoms with Crippen molar-refractivity contribution < 1.29 is 14.3 Å². The Bertz CT molecular complexity index is 659. The van der Waals surface area contributed by atoms with Gasteiger partial charge < -0.3 is 15.8 Å². The van der Waals surface area contributed by atoms with E-state index in [1.807, 2.05) is 60.7 Å². The first-order chi connectivity index (χ1) is 11.6. The molecule has 0 saturated heterocycles. The van der Waals surface area contributed by atoms with Crippen molar-refractivity contribution in [2.24, 2.45) is 5.73 Å². The molecule has 0 bridgehead atoms. The smallest absolute Gasteiger partial charge is 0.328 e. The summed E-state index contributed by atoms with van der Waals surface area (Å²) in [7, 11) is 1.30. The van der Waals surface area contributed by atoms with Crippen LogP contribution in [-0.2, 0) is 27.2 Å². The van der Waals surface area contributed by atoms with E-state index in [9.17, 15) is 9.59 Å². The molecule has 0 aliphatic heterocycles. The lowest BCUT2D eigenvalue weighted by Crippen LogP contribution is -2.50. The molecule has 0 aromatic heterocycles. The number of hydrogen-bond donors (Lipinski definition) is 2. The average Bonchev–Trinajstić information content (AvgIpc) is 2.62. The van der Waals surface area contributed by atoms with Crippen molar-refractivity contribution in [3.05, 3.63) is 71.8 Å². The molecule has 126 valence electrons. The number of amides is 1. The number of ether oxygens (including phenoxy) is 1. The molecule has 2 unspecified atom stereocenters. The fraction of sp³-hybridized carbons (Fsp3) is 0.263. The SMILES string of the molecule is COC(=O)C(Cc1ccccc1)NC(=O)C(N)Cc1ccccc1. The van der Waals surface area contributed by atoms with E-state index in [0.717, 1.165) is 11.1 Å². The van der Waals surface area contributed by atoms with Gasteiger partial charge in [0.15, 0.2) is 0 Å². The number of hydrogen-bond acceptors (Lipinski definition) is 4. The van der Waals surface area contributed by atoms with Crippen LogP contribution in [0.2, 0.25) is 0 Å². The maximum absolute atomic E-state index is 12.3. The lowest BCUT2D eigenvalue weighted by atomic mass is 10.0. The minimum Gasteiger partial charge on any atom is -0.467 e. The van der Waals surface area contributed by atoms with Crippen LogP contribution in [0.3, 0.4) is 0 Å². The Labute approximate surface area is 141 Å². The second kappa shape index (κ2) is 8.84. The van der Waals surface area contributed by atoms with Gasteiger partial charge in [-0.1, -0.05) is 60.7 Å². The van der Waals surface area contributed by atoms with E-state index in [2.05, 4.69) is 5.32 Å². The monoisotopic (exact) mass is 326 g/mol. The molecule has 2 atom stereocenters. The predicted octanol–water partition coefficient (Wildman–Crippen LogP) is 1.46. The van der Waals surface area contributed by atoms with Crippen LogP contribution in [0.4, 0.5) is 0 Å². The van der Waals surface area contributed by atoms with E-state index in [4.69, 9.17) is 10.5 Å². The first-order valence-electron chi connectivity index (χ1n) is 7.81. The third-order valence-electron chi connectivity index (χ3n) is 3.72. The average molecular weight is 326 g/mol. The number of benzene rings is 2. The van der Waals surface area contributed by atoms with E-state index in [0.29, 0.717) is 12.8 Å². The third-order valence-corrected chi connectivity index (χ3v) is 3.72. The number of carbonyl (C=O) groups is 2. The summed E-state index contributed by atoms with van der Waals surface area (Å²) in [6.45, 7) is 0. The minimum absolute atomic E-state index is 0.358. The van der Waals surface area contributed by atoms with Gasteiger partial charge in [0.05, 0.1) is 13.2 Å². The first-order valence-corrected chi connectivity index (χ1v) is 7.81. The van der Waals surface area contributed by atoms with Crippen LogP contribution in [0.25, 0.3) is 0 Å². The topological polar surface area (TPSA) is 81.4 Å². The Kier molecular flexibility index (Phi) is 6.51. The Morgan fingerprint density at radius 3 is 1.96 bits per heavy atom. The van der Waals surface area contributed by atoms with Crippen molar-refractivity contribution in [3.8, 4) is 0 Å². The zero-order valence-electron chi connectivity index (χ0n) is 13.6. The molecule has 3 N–H and O–H groups in total. The fourth-order valence-electron chi connectivity index (χ4n) is 2.42. The van der Waals surface area contributed by atoms with Gasteiger partial charge in [0.2, 0.25) is 5.91 Å². The van der Waals surface area contributed by atoms with Crippen molar-refractivity contribution in [1.82, 2.24) is 5.32 Å². The van der Waals surface area contributed by atoms with Crippen molar-refractivity contribution >= 4 is 11.9 Å². The van der Waals surface area contributed by atoms with Gasteiger partial charge in [-0.15, -0.1) is 0 Å². The van der Waals surface area contributed by atoms with Crippen molar-refractivity contribution in [2.75, 3.05) is 7.11 Å². The lowest BCUT2D eigenvalue weighted by Gasteiger charge is -2.19. The van der Waals surface area contributed by atoms with Crippen molar-refractivity contribution in [3.63, 3.8) is 0 Å². The van der Waals surface area contributed by atoms with Crippen LogP contribution >= 0.6 is 0 Å². The molecule has 0 radical (unpaired) electrons. The number of esters is 1. The highest BCUT2D eigenvalue weighted by Gasteiger charge is 2.24. The fourth-order valence-corrected chi connectivity index (χ4v) is 2.42. The molecular weight excluding hydrogens is 304 g/mol. The summed E-state index contributed by atoms with van der Waals surface area (Å²) < 4.78 is 4.79. The molecule has 0 fully saturated rings. The largest absolute Gasteiger partial charge is 0.467 e. The molecule has 0 heterocycles. The van der Waals surface area contributed by atoms with E-state index in [1.165, 1.54) is 7.11 Å². The molecule has 0 aliphatic carbocycles. The third kappa shape index (κ3) is 5.21. The summed E-state index contributed by atoms with van der Waals surface area (Å²) in [6, 6.07) is 17.5. The van der Waals surface area contributed by atoms with Gasteiger partial charge in [-0.05, 0) is 17.5 Å². The highest BCUT2D eigenvalue weighted by Crippen LogP contribution is 2.06. The van der Waals surface area contributed by atoms with Crippen molar-refractivity contribution in [1.29, 1.82) is 0 Å². The Hall–Kier alpha value is -2.66. The quantitative estimate of drug-likeness (QED) is 0.755. The molecule has 2 rings (SSSR count). The molecule has 2 aromatic carbocycles. The highest BCUT2D eigenvalue weighted by atomic mass is 16.5. The molecule has 5 heteroatoms. The zero-order chi connectivity index (χ0) is 17.4. The van der Waals surface area contributed by atoms with E-state index in [1.54, 1.807) is 0 Å². The Morgan fingerprint density at radius 1 is 0.958 bits per heavy atom. The number of rotatable bonds is 7. The standard InChI is InChI=1S/C19H22N2O3/c1-24-19(23)17(13-15-10-6-3-7-11-15)21-18(22)16(20)12-14-8-4-2-5-9-14/h2-11,16-17H,12-13,20H2,1H3,(H,21,22). The van der Waals surface area contributed by atoms with Crippen LogP contribution in [0.15, 0.2) is 60.7 Å². The summed E-state index contributed by atoms with van der Waals surface area (Å²) in [5.41, 5.74) is 7.87. The van der Waals surface area contributed by atoms with Gasteiger partial charge in [-0.2, -0.15) is 0 Å². The first kappa shape index (κ1) is 17.7. The van der Waals surface area contributed by atoms with Gasteiger partial charge in [-0.3, -0.25) is 4.79 Å². The molecule has 5 nitrogen and oxygen atoms in total. The van der Waals surface area contributed by atoms with Gasteiger partial charge >= 0.3 is 5.97 Å². The second-order valence-electron chi connectivity index (χ2n) is 5.57. The van der Waals surface area contributed by atoms with E-state index < -0.39 is 18.1 Å². The van der Waals surface area contributed by atoms with Gasteiger partial charge in [0, 0.05) is 6.42 Å². The summed E-state index contributed by atoms with van der Waals surface area (Å²) in [4.78, 5) is 24.3. The Morgan fingerprint density at radius 2 is 1.46 bits per heavy atom. The zero-order valence-corrected chi connectivity index (χ0v) is 13.6. The highest BCUT2D eigenvalue weighted by molar-refractivity contribution is 5.87. The van der Waals surface area contributed by atoms with E-state index >= 15 is 0 Å². The normalized spacial score (nSPS) is 12.9. The molecule has 2 aromatic rings. The van der Waals surface area contributed by atoms with Gasteiger partial charge in [0.25, 0.3) is 0 Å². The summed E-state index contributed by atoms with van der Waals surface area (Å²) >= 11 is 0. The van der Waals surface area contributed by atoms with Crippen LogP contribution in [0.5, 0.6) is 0 Å². The number of nitrogens with one attached hydrogen (secondary N) is 1. The number of carbonyl (C=O) groups excluding carboxylic acids is 2. The number of nitrogens with two attached hydrogens (primary N) is 1. The minimum atomic E-state index is -0.758. The molecule has 0 aliphatic rings.